The van der Waals surface area contributed by atoms with E-state index in [0.717, 1.165) is 32.5 Å². The van der Waals surface area contributed by atoms with Gasteiger partial charge in [0.05, 0.1) is 6.10 Å². The highest BCUT2D eigenvalue weighted by molar-refractivity contribution is 4.89. The number of rotatable bonds is 1. The Morgan fingerprint density at radius 1 is 1.23 bits per heavy atom. The molecule has 0 aromatic rings. The second-order valence-corrected chi connectivity index (χ2v) is 4.37. The molecule has 2 rings (SSSR count). The molecule has 0 saturated carbocycles. The second kappa shape index (κ2) is 3.95. The highest BCUT2D eigenvalue weighted by atomic mass is 16.3. The highest BCUT2D eigenvalue weighted by Crippen LogP contribution is 2.19. The highest BCUT2D eigenvalue weighted by Gasteiger charge is 2.30. The van der Waals surface area contributed by atoms with Crippen LogP contribution in [-0.2, 0) is 0 Å². The first-order valence-corrected chi connectivity index (χ1v) is 5.43. The Labute approximate surface area is 80.1 Å². The number of piperidine rings is 1. The molecule has 2 saturated heterocycles. The fourth-order valence-corrected chi connectivity index (χ4v) is 2.56. The predicted molar refractivity (Wildman–Crippen MR) is 52.7 cm³/mol. The van der Waals surface area contributed by atoms with Crippen molar-refractivity contribution in [1.29, 1.82) is 0 Å². The normalized spacial score (nSPS) is 38.3. The first-order valence-electron chi connectivity index (χ1n) is 5.43. The molecular weight excluding hydrogens is 164 g/mol. The largest absolute Gasteiger partial charge is 0.393 e. The lowest BCUT2D eigenvalue weighted by atomic mass is 10.0. The van der Waals surface area contributed by atoms with Crippen LogP contribution in [0.3, 0.4) is 0 Å². The molecule has 0 unspecified atom stereocenters. The van der Waals surface area contributed by atoms with Crippen molar-refractivity contribution in [3.63, 3.8) is 0 Å². The van der Waals surface area contributed by atoms with Gasteiger partial charge in [-0.3, -0.25) is 4.90 Å². The van der Waals surface area contributed by atoms with Crippen LogP contribution in [0.4, 0.5) is 0 Å². The van der Waals surface area contributed by atoms with Crippen LogP contribution in [0.1, 0.15) is 26.2 Å². The first kappa shape index (κ1) is 9.44. The summed E-state index contributed by atoms with van der Waals surface area (Å²) in [5.74, 6) is 0. The third-order valence-corrected chi connectivity index (χ3v) is 3.45. The molecule has 3 nitrogen and oxygen atoms in total. The number of nitrogens with one attached hydrogen (secondary N) is 1. The van der Waals surface area contributed by atoms with Gasteiger partial charge >= 0.3 is 0 Å². The quantitative estimate of drug-likeness (QED) is 0.611. The zero-order valence-electron chi connectivity index (χ0n) is 8.37. The van der Waals surface area contributed by atoms with Gasteiger partial charge in [0, 0.05) is 25.2 Å². The van der Waals surface area contributed by atoms with Crippen molar-refractivity contribution in [3.05, 3.63) is 0 Å². The third kappa shape index (κ3) is 2.03. The fourth-order valence-electron chi connectivity index (χ4n) is 2.56. The predicted octanol–water partition coefficient (Wildman–Crippen LogP) is 0.193. The summed E-state index contributed by atoms with van der Waals surface area (Å²) in [5.41, 5.74) is 0. The van der Waals surface area contributed by atoms with Crippen LogP contribution in [0.15, 0.2) is 0 Å². The Bertz CT molecular complexity index is 166. The monoisotopic (exact) mass is 184 g/mol. The summed E-state index contributed by atoms with van der Waals surface area (Å²) >= 11 is 0. The van der Waals surface area contributed by atoms with Crippen LogP contribution in [0, 0.1) is 0 Å². The number of nitrogens with zero attached hydrogens (tertiary/aromatic N) is 1. The van der Waals surface area contributed by atoms with E-state index in [0.29, 0.717) is 12.1 Å². The van der Waals surface area contributed by atoms with E-state index in [1.54, 1.807) is 0 Å². The molecule has 2 aliphatic rings. The van der Waals surface area contributed by atoms with Crippen LogP contribution in [-0.4, -0.2) is 47.8 Å². The van der Waals surface area contributed by atoms with Gasteiger partial charge in [0.2, 0.25) is 0 Å². The molecule has 2 atom stereocenters. The maximum atomic E-state index is 9.39. The minimum absolute atomic E-state index is 0.0408. The molecule has 2 heterocycles. The lowest BCUT2D eigenvalue weighted by Crippen LogP contribution is -2.47. The van der Waals surface area contributed by atoms with Crippen molar-refractivity contribution in [1.82, 2.24) is 10.2 Å². The van der Waals surface area contributed by atoms with Gasteiger partial charge in [0.15, 0.2) is 0 Å². The molecule has 76 valence electrons. The van der Waals surface area contributed by atoms with E-state index in [2.05, 4.69) is 17.1 Å². The number of likely N-dealkylation sites (tertiary alicyclic amines) is 1. The van der Waals surface area contributed by atoms with E-state index in [4.69, 9.17) is 0 Å². The molecule has 2 aliphatic heterocycles. The fraction of sp³-hybridized carbons (Fsp3) is 1.00. The molecule has 0 bridgehead atoms. The summed E-state index contributed by atoms with van der Waals surface area (Å²) in [7, 11) is 0. The number of hydrogen-bond donors (Lipinski definition) is 2. The summed E-state index contributed by atoms with van der Waals surface area (Å²) in [4.78, 5) is 2.54. The SMILES string of the molecule is C[C@@H]1NCC[C@H]1N1CCC(O)CC1. The van der Waals surface area contributed by atoms with Gasteiger partial charge in [0.1, 0.15) is 0 Å². The van der Waals surface area contributed by atoms with Gasteiger partial charge in [-0.15, -0.1) is 0 Å². The Balaban J connectivity index is 1.86. The number of aliphatic hydroxyl groups excluding tert-OH is 1. The number of aliphatic hydroxyl groups is 1. The van der Waals surface area contributed by atoms with E-state index in [1.165, 1.54) is 6.42 Å². The van der Waals surface area contributed by atoms with Crippen molar-refractivity contribution in [2.45, 2.75) is 44.4 Å². The molecule has 0 aliphatic carbocycles. The van der Waals surface area contributed by atoms with Crippen LogP contribution in [0.5, 0.6) is 0 Å². The lowest BCUT2D eigenvalue weighted by molar-refractivity contribution is 0.0587. The topological polar surface area (TPSA) is 35.5 Å². The van der Waals surface area contributed by atoms with Gasteiger partial charge in [-0.05, 0) is 32.7 Å². The zero-order valence-corrected chi connectivity index (χ0v) is 8.37. The van der Waals surface area contributed by atoms with Crippen molar-refractivity contribution >= 4 is 0 Å². The molecule has 0 radical (unpaired) electrons. The van der Waals surface area contributed by atoms with E-state index in [9.17, 15) is 5.11 Å². The summed E-state index contributed by atoms with van der Waals surface area (Å²) in [6.45, 7) is 5.59. The Morgan fingerprint density at radius 2 is 1.92 bits per heavy atom. The van der Waals surface area contributed by atoms with Crippen molar-refractivity contribution < 1.29 is 5.11 Å². The first-order chi connectivity index (χ1) is 6.27. The maximum absolute atomic E-state index is 9.39. The summed E-state index contributed by atoms with van der Waals surface area (Å²) in [6, 6.07) is 1.35. The Hall–Kier alpha value is -0.120. The summed E-state index contributed by atoms with van der Waals surface area (Å²) < 4.78 is 0. The minimum Gasteiger partial charge on any atom is -0.393 e. The Morgan fingerprint density at radius 3 is 2.46 bits per heavy atom. The molecule has 0 amide bonds. The van der Waals surface area contributed by atoms with E-state index >= 15 is 0 Å². The third-order valence-electron chi connectivity index (χ3n) is 3.45. The molecule has 3 heteroatoms. The van der Waals surface area contributed by atoms with Crippen LogP contribution in [0.25, 0.3) is 0 Å². The van der Waals surface area contributed by atoms with Crippen molar-refractivity contribution in [3.8, 4) is 0 Å². The van der Waals surface area contributed by atoms with Crippen LogP contribution < -0.4 is 5.32 Å². The molecule has 2 fully saturated rings. The molecule has 0 aromatic carbocycles. The van der Waals surface area contributed by atoms with Gasteiger partial charge in [-0.2, -0.15) is 0 Å². The van der Waals surface area contributed by atoms with Gasteiger partial charge in [-0.1, -0.05) is 0 Å². The van der Waals surface area contributed by atoms with E-state index < -0.39 is 0 Å². The van der Waals surface area contributed by atoms with Gasteiger partial charge < -0.3 is 10.4 Å². The van der Waals surface area contributed by atoms with Gasteiger partial charge in [0.25, 0.3) is 0 Å². The lowest BCUT2D eigenvalue weighted by Gasteiger charge is -2.36. The van der Waals surface area contributed by atoms with Crippen LogP contribution in [0.2, 0.25) is 0 Å². The van der Waals surface area contributed by atoms with Gasteiger partial charge in [-0.25, -0.2) is 0 Å². The van der Waals surface area contributed by atoms with Crippen LogP contribution >= 0.6 is 0 Å². The molecular formula is C10H20N2O. The van der Waals surface area contributed by atoms with Crippen molar-refractivity contribution in [2.75, 3.05) is 19.6 Å². The zero-order chi connectivity index (χ0) is 9.26. The second-order valence-electron chi connectivity index (χ2n) is 4.37. The number of hydrogen-bond acceptors (Lipinski definition) is 3. The standard InChI is InChI=1S/C10H20N2O/c1-8-10(2-5-11-8)12-6-3-9(13)4-7-12/h8-11,13H,2-7H2,1H3/t8-,10+/m0/s1. The average Bonchev–Trinajstić information content (AvgIpc) is 2.53. The minimum atomic E-state index is -0.0408. The molecule has 13 heavy (non-hydrogen) atoms. The van der Waals surface area contributed by atoms with E-state index in [-0.39, 0.29) is 6.10 Å². The summed E-state index contributed by atoms with van der Waals surface area (Å²) in [5, 5.41) is 12.9. The average molecular weight is 184 g/mol. The smallest absolute Gasteiger partial charge is 0.0564 e. The molecule has 2 N–H and O–H groups in total. The van der Waals surface area contributed by atoms with E-state index in [1.807, 2.05) is 0 Å². The Kier molecular flexibility index (Phi) is 2.86. The molecule has 0 spiro atoms. The summed E-state index contributed by atoms with van der Waals surface area (Å²) in [6.07, 6.45) is 3.16. The van der Waals surface area contributed by atoms with Crippen molar-refractivity contribution in [2.24, 2.45) is 0 Å². The maximum Gasteiger partial charge on any atom is 0.0564 e. The molecule has 0 aromatic heterocycles.